The van der Waals surface area contributed by atoms with E-state index in [1.165, 1.54) is 0 Å². The molecule has 0 aliphatic carbocycles. The van der Waals surface area contributed by atoms with Gasteiger partial charge in [0.2, 0.25) is 0 Å². The van der Waals surface area contributed by atoms with Gasteiger partial charge >= 0.3 is 0 Å². The van der Waals surface area contributed by atoms with Crippen LogP contribution >= 0.6 is 0 Å². The molecule has 0 aliphatic heterocycles. The van der Waals surface area contributed by atoms with Gasteiger partial charge in [-0.1, -0.05) is 0 Å². The third-order valence-electron chi connectivity index (χ3n) is 0. The Morgan fingerprint density at radius 3 is 0.333 bits per heavy atom. The van der Waals surface area contributed by atoms with Crippen LogP contribution in [0.25, 0.3) is 0 Å². The van der Waals surface area contributed by atoms with E-state index >= 15 is 0 Å². The van der Waals surface area contributed by atoms with Crippen LogP contribution in [0.4, 0.5) is 0 Å². The molecule has 6 heavy (non-hydrogen) atoms. The Labute approximate surface area is 88.3 Å². The van der Waals surface area contributed by atoms with Crippen LogP contribution in [0.3, 0.4) is 0 Å². The van der Waals surface area contributed by atoms with Crippen LogP contribution in [0.2, 0.25) is 0 Å². The van der Waals surface area contributed by atoms with Crippen molar-refractivity contribution in [3.63, 3.8) is 0 Å². The molecular weight excluding hydrogens is 281 g/mol. The predicted molar refractivity (Wildman–Crippen MR) is 11.5 cm³/mol. The van der Waals surface area contributed by atoms with E-state index in [4.69, 9.17) is 0 Å². The molecule has 0 atom stereocenters. The van der Waals surface area contributed by atoms with Gasteiger partial charge in [0.1, 0.15) is 0 Å². The number of halogens is 4. The number of hydrogen-bond donors (Lipinski definition) is 0. The zero-order valence-corrected chi connectivity index (χ0v) is 10.5. The van der Waals surface area contributed by atoms with Gasteiger partial charge in [0.15, 0.2) is 0 Å². The second-order valence-electron chi connectivity index (χ2n) is 0. The Morgan fingerprint density at radius 1 is 0.333 bits per heavy atom. The molecule has 0 saturated heterocycles. The van der Waals surface area contributed by atoms with Crippen molar-refractivity contribution in [2.45, 2.75) is 0 Å². The Hall–Kier alpha value is 2.43. The summed E-state index contributed by atoms with van der Waals surface area (Å²) in [4.78, 5) is 0. The third kappa shape index (κ3) is 32.1. The summed E-state index contributed by atoms with van der Waals surface area (Å²) >= 11 is 0. The SMILES string of the molecule is [Cl-].[Cl-].[Cl-].[Cl-].[Ga].[Ga]. The van der Waals surface area contributed by atoms with Crippen molar-refractivity contribution >= 4 is 39.6 Å². The summed E-state index contributed by atoms with van der Waals surface area (Å²) in [7, 11) is 0. The van der Waals surface area contributed by atoms with Crippen molar-refractivity contribution in [2.24, 2.45) is 0 Å². The molecule has 0 saturated carbocycles. The van der Waals surface area contributed by atoms with E-state index in [-0.39, 0.29) is 89.2 Å². The van der Waals surface area contributed by atoms with Crippen LogP contribution in [0.1, 0.15) is 0 Å². The van der Waals surface area contributed by atoms with Gasteiger partial charge in [-0.05, 0) is 0 Å². The molecule has 0 nitrogen and oxygen atoms in total. The van der Waals surface area contributed by atoms with Crippen LogP contribution in [-0.2, 0) is 0 Å². The molecular formula is Cl4Ga2-4. The molecule has 0 rings (SSSR count). The summed E-state index contributed by atoms with van der Waals surface area (Å²) in [5, 5.41) is 0. The van der Waals surface area contributed by atoms with Crippen molar-refractivity contribution in [1.29, 1.82) is 0 Å². The smallest absolute Gasteiger partial charge is 0 e. The van der Waals surface area contributed by atoms with Gasteiger partial charge in [-0.25, -0.2) is 0 Å². The van der Waals surface area contributed by atoms with E-state index in [9.17, 15) is 0 Å². The first kappa shape index (κ1) is 78.7. The molecule has 0 unspecified atom stereocenters. The van der Waals surface area contributed by atoms with Crippen LogP contribution in [-0.4, -0.2) is 39.6 Å². The maximum atomic E-state index is 0. The fourth-order valence-electron chi connectivity index (χ4n) is 0. The van der Waals surface area contributed by atoms with Crippen LogP contribution in [0.5, 0.6) is 0 Å². The molecule has 0 fully saturated rings. The molecule has 6 heteroatoms. The van der Waals surface area contributed by atoms with E-state index in [2.05, 4.69) is 0 Å². The predicted octanol–water partition coefficient (Wildman–Crippen LogP) is -12.7. The third-order valence-corrected chi connectivity index (χ3v) is 0. The first-order chi connectivity index (χ1) is 0. The topological polar surface area (TPSA) is 0 Å². The molecule has 6 radical (unpaired) electrons. The minimum atomic E-state index is 0. The molecule has 0 aromatic carbocycles. The molecule has 0 spiro atoms. The van der Waals surface area contributed by atoms with Gasteiger partial charge in [-0.15, -0.1) is 0 Å². The zero-order chi connectivity index (χ0) is 0. The van der Waals surface area contributed by atoms with Gasteiger partial charge in [0.25, 0.3) is 0 Å². The maximum Gasteiger partial charge on any atom is 0 e. The summed E-state index contributed by atoms with van der Waals surface area (Å²) in [6.07, 6.45) is 0. The molecule has 0 aliphatic rings. The Bertz CT molecular complexity index is 5.51. The standard InChI is InChI=1S/4ClH.2Ga/h4*1H;;/p-4. The van der Waals surface area contributed by atoms with Crippen molar-refractivity contribution in [2.75, 3.05) is 0 Å². The minimum absolute atomic E-state index is 0. The van der Waals surface area contributed by atoms with Crippen molar-refractivity contribution in [1.82, 2.24) is 0 Å². The van der Waals surface area contributed by atoms with Gasteiger partial charge < -0.3 is 49.6 Å². The van der Waals surface area contributed by atoms with Gasteiger partial charge in [0.05, 0.1) is 0 Å². The van der Waals surface area contributed by atoms with Crippen LogP contribution in [0.15, 0.2) is 0 Å². The van der Waals surface area contributed by atoms with Crippen LogP contribution in [0, 0.1) is 0 Å². The molecule has 0 N–H and O–H groups in total. The molecule has 0 aromatic heterocycles. The molecule has 0 amide bonds. The molecule has 0 aromatic rings. The average molecular weight is 281 g/mol. The van der Waals surface area contributed by atoms with Gasteiger partial charge in [-0.2, -0.15) is 0 Å². The first-order valence-electron chi connectivity index (χ1n) is 0. The fourth-order valence-corrected chi connectivity index (χ4v) is 0. The van der Waals surface area contributed by atoms with Crippen LogP contribution < -0.4 is 49.6 Å². The van der Waals surface area contributed by atoms with E-state index < -0.39 is 0 Å². The summed E-state index contributed by atoms with van der Waals surface area (Å²) in [6.45, 7) is 0. The monoisotopic (exact) mass is 278 g/mol. The fraction of sp³-hybridized carbons (Fsp3) is 0. The van der Waals surface area contributed by atoms with Crippen molar-refractivity contribution in [3.8, 4) is 0 Å². The van der Waals surface area contributed by atoms with Crippen molar-refractivity contribution < 1.29 is 49.6 Å². The largest absolute Gasteiger partial charge is 1.00 e. The van der Waals surface area contributed by atoms with E-state index in [0.717, 1.165) is 0 Å². The Kier molecular flexibility index (Phi) is 682. The second kappa shape index (κ2) is 52.0. The quantitative estimate of drug-likeness (QED) is 0.387. The first-order valence-corrected chi connectivity index (χ1v) is 0. The minimum Gasteiger partial charge on any atom is -1.00 e. The summed E-state index contributed by atoms with van der Waals surface area (Å²) in [5.41, 5.74) is 0. The van der Waals surface area contributed by atoms with E-state index in [1.54, 1.807) is 0 Å². The van der Waals surface area contributed by atoms with E-state index in [0.29, 0.717) is 0 Å². The Morgan fingerprint density at radius 2 is 0.333 bits per heavy atom. The summed E-state index contributed by atoms with van der Waals surface area (Å²) in [6, 6.07) is 0. The van der Waals surface area contributed by atoms with Gasteiger partial charge in [0, 0.05) is 39.6 Å². The molecule has 38 valence electrons. The van der Waals surface area contributed by atoms with Gasteiger partial charge in [-0.3, -0.25) is 0 Å². The van der Waals surface area contributed by atoms with Crippen molar-refractivity contribution in [3.05, 3.63) is 0 Å². The average Bonchev–Trinajstić information content (AvgIpc) is 0. The summed E-state index contributed by atoms with van der Waals surface area (Å²) in [5.74, 6) is 0. The number of hydrogen-bond acceptors (Lipinski definition) is 0. The second-order valence-corrected chi connectivity index (χ2v) is 0. The normalized spacial score (nSPS) is 0. The zero-order valence-electron chi connectivity index (χ0n) is 2.67. The number of rotatable bonds is 0. The summed E-state index contributed by atoms with van der Waals surface area (Å²) < 4.78 is 0. The molecule has 0 bridgehead atoms. The molecule has 0 heterocycles. The Balaban J connectivity index is 0. The maximum absolute atomic E-state index is 0. The van der Waals surface area contributed by atoms with E-state index in [1.807, 2.05) is 0 Å².